The van der Waals surface area contributed by atoms with Crippen LogP contribution >= 0.6 is 0 Å². The van der Waals surface area contributed by atoms with Gasteiger partial charge < -0.3 is 20.1 Å². The maximum atomic E-state index is 11.3. The Kier molecular flexibility index (Phi) is 5.97. The molecule has 1 fully saturated rings. The highest BCUT2D eigenvalue weighted by atomic mass is 16.5. The van der Waals surface area contributed by atoms with E-state index in [0.29, 0.717) is 19.2 Å². The third kappa shape index (κ3) is 6.53. The lowest BCUT2D eigenvalue weighted by molar-refractivity contribution is -0.131. The standard InChI is InChI=1S/C11H17N3O5/c1-14-4-5-19-8(7-14)6-12-11(18)13-9(15)2-3-10(16)17/h2-3,8H,4-7H2,1H3,(H,16,17)(H2,12,13,15,18). The molecule has 1 atom stereocenters. The molecule has 0 aromatic carbocycles. The quantitative estimate of drug-likeness (QED) is 0.553. The van der Waals surface area contributed by atoms with Crippen LogP contribution in [0.5, 0.6) is 0 Å². The first-order chi connectivity index (χ1) is 8.97. The molecule has 1 unspecified atom stereocenters. The number of carboxylic acids is 1. The highest BCUT2D eigenvalue weighted by Gasteiger charge is 2.18. The van der Waals surface area contributed by atoms with Gasteiger partial charge in [-0.25, -0.2) is 9.59 Å². The first-order valence-corrected chi connectivity index (χ1v) is 5.77. The summed E-state index contributed by atoms with van der Waals surface area (Å²) in [6, 6.07) is -0.683. The lowest BCUT2D eigenvalue weighted by Gasteiger charge is -2.29. The maximum absolute atomic E-state index is 11.3. The van der Waals surface area contributed by atoms with Gasteiger partial charge in [-0.3, -0.25) is 10.1 Å². The zero-order valence-corrected chi connectivity index (χ0v) is 10.6. The molecule has 0 bridgehead atoms. The van der Waals surface area contributed by atoms with E-state index in [-0.39, 0.29) is 12.6 Å². The number of urea groups is 1. The number of hydrogen-bond acceptors (Lipinski definition) is 5. The van der Waals surface area contributed by atoms with Crippen LogP contribution in [0.2, 0.25) is 0 Å². The second kappa shape index (κ2) is 7.49. The number of amides is 3. The van der Waals surface area contributed by atoms with Crippen molar-refractivity contribution < 1.29 is 24.2 Å². The zero-order chi connectivity index (χ0) is 14.3. The zero-order valence-electron chi connectivity index (χ0n) is 10.6. The molecule has 1 aliphatic heterocycles. The summed E-state index contributed by atoms with van der Waals surface area (Å²) in [5.41, 5.74) is 0. The van der Waals surface area contributed by atoms with Crippen molar-refractivity contribution in [3.8, 4) is 0 Å². The molecule has 1 saturated heterocycles. The molecule has 1 rings (SSSR count). The van der Waals surface area contributed by atoms with Gasteiger partial charge in [0.2, 0.25) is 0 Å². The average Bonchev–Trinajstić information content (AvgIpc) is 2.34. The van der Waals surface area contributed by atoms with Gasteiger partial charge >= 0.3 is 12.0 Å². The summed E-state index contributed by atoms with van der Waals surface area (Å²) >= 11 is 0. The van der Waals surface area contributed by atoms with Crippen LogP contribution < -0.4 is 10.6 Å². The second-order valence-electron chi connectivity index (χ2n) is 4.13. The predicted molar refractivity (Wildman–Crippen MR) is 65.6 cm³/mol. The largest absolute Gasteiger partial charge is 0.478 e. The van der Waals surface area contributed by atoms with E-state index in [0.717, 1.165) is 12.6 Å². The van der Waals surface area contributed by atoms with Gasteiger partial charge in [0.15, 0.2) is 0 Å². The number of hydrogen-bond donors (Lipinski definition) is 3. The molecule has 0 radical (unpaired) electrons. The molecule has 1 heterocycles. The molecule has 1 aliphatic rings. The predicted octanol–water partition coefficient (Wildman–Crippen LogP) is -1.22. The summed E-state index contributed by atoms with van der Waals surface area (Å²) in [7, 11) is 1.95. The summed E-state index contributed by atoms with van der Waals surface area (Å²) in [4.78, 5) is 34.7. The van der Waals surface area contributed by atoms with Crippen LogP contribution in [0.15, 0.2) is 12.2 Å². The maximum Gasteiger partial charge on any atom is 0.328 e. The van der Waals surface area contributed by atoms with Gasteiger partial charge in [-0.1, -0.05) is 0 Å². The number of nitrogens with one attached hydrogen (secondary N) is 2. The Morgan fingerprint density at radius 2 is 2.16 bits per heavy atom. The lowest BCUT2D eigenvalue weighted by atomic mass is 10.3. The number of nitrogens with zero attached hydrogens (tertiary/aromatic N) is 1. The number of imide groups is 1. The van der Waals surface area contributed by atoms with Crippen molar-refractivity contribution in [2.75, 3.05) is 33.3 Å². The fraction of sp³-hybridized carbons (Fsp3) is 0.545. The van der Waals surface area contributed by atoms with E-state index >= 15 is 0 Å². The van der Waals surface area contributed by atoms with Crippen molar-refractivity contribution in [2.24, 2.45) is 0 Å². The van der Waals surface area contributed by atoms with Gasteiger partial charge in [0.1, 0.15) is 0 Å². The highest BCUT2D eigenvalue weighted by Crippen LogP contribution is 2.01. The van der Waals surface area contributed by atoms with E-state index in [9.17, 15) is 14.4 Å². The fourth-order valence-electron chi connectivity index (χ4n) is 1.54. The van der Waals surface area contributed by atoms with Gasteiger partial charge in [-0.2, -0.15) is 0 Å². The van der Waals surface area contributed by atoms with Gasteiger partial charge in [0.25, 0.3) is 5.91 Å². The van der Waals surface area contributed by atoms with Crippen molar-refractivity contribution in [3.63, 3.8) is 0 Å². The Hall–Kier alpha value is -1.93. The SMILES string of the molecule is CN1CCOC(CNC(=O)NC(=O)C=CC(=O)O)C1. The van der Waals surface area contributed by atoms with E-state index in [1.54, 1.807) is 0 Å². The minimum atomic E-state index is -1.26. The van der Waals surface area contributed by atoms with Crippen LogP contribution in [0.3, 0.4) is 0 Å². The van der Waals surface area contributed by atoms with E-state index < -0.39 is 17.9 Å². The van der Waals surface area contributed by atoms with Crippen LogP contribution in [0.1, 0.15) is 0 Å². The van der Waals surface area contributed by atoms with E-state index in [2.05, 4.69) is 10.2 Å². The van der Waals surface area contributed by atoms with Crippen molar-refractivity contribution in [1.82, 2.24) is 15.5 Å². The Balaban J connectivity index is 2.24. The minimum Gasteiger partial charge on any atom is -0.478 e. The number of likely N-dealkylation sites (N-methyl/N-ethyl adjacent to an activating group) is 1. The Labute approximate surface area is 110 Å². The molecule has 3 N–H and O–H groups in total. The molecular formula is C11H17N3O5. The Morgan fingerprint density at radius 1 is 1.42 bits per heavy atom. The molecule has 0 spiro atoms. The van der Waals surface area contributed by atoms with E-state index in [1.165, 1.54) is 0 Å². The van der Waals surface area contributed by atoms with Crippen LogP contribution in [-0.2, 0) is 14.3 Å². The summed E-state index contributed by atoms with van der Waals surface area (Å²) in [6.07, 6.45) is 1.31. The van der Waals surface area contributed by atoms with Crippen molar-refractivity contribution in [2.45, 2.75) is 6.10 Å². The van der Waals surface area contributed by atoms with Gasteiger partial charge in [0.05, 0.1) is 12.7 Å². The number of morpholine rings is 1. The second-order valence-corrected chi connectivity index (χ2v) is 4.13. The molecule has 0 saturated carbocycles. The summed E-state index contributed by atoms with van der Waals surface area (Å²) in [5, 5.41) is 12.8. The molecule has 8 nitrogen and oxygen atoms in total. The summed E-state index contributed by atoms with van der Waals surface area (Å²) in [5.74, 6) is -2.05. The molecule has 3 amide bonds. The summed E-state index contributed by atoms with van der Waals surface area (Å²) in [6.45, 7) is 2.44. The highest BCUT2D eigenvalue weighted by molar-refractivity contribution is 6.02. The number of carbonyl (C=O) groups excluding carboxylic acids is 2. The Morgan fingerprint density at radius 3 is 2.79 bits per heavy atom. The smallest absolute Gasteiger partial charge is 0.328 e. The molecule has 8 heteroatoms. The van der Waals surface area contributed by atoms with Gasteiger partial charge in [-0.05, 0) is 7.05 Å². The fourth-order valence-corrected chi connectivity index (χ4v) is 1.54. The number of rotatable bonds is 4. The van der Waals surface area contributed by atoms with Crippen molar-refractivity contribution >= 4 is 17.9 Å². The first kappa shape index (κ1) is 15.1. The normalized spacial score (nSPS) is 20.2. The number of carbonyl (C=O) groups is 3. The van der Waals surface area contributed by atoms with Crippen molar-refractivity contribution in [1.29, 1.82) is 0 Å². The van der Waals surface area contributed by atoms with Gasteiger partial charge in [-0.15, -0.1) is 0 Å². The Bertz CT molecular complexity index is 383. The summed E-state index contributed by atoms with van der Waals surface area (Å²) < 4.78 is 5.42. The molecule has 0 aliphatic carbocycles. The van der Waals surface area contributed by atoms with Crippen molar-refractivity contribution in [3.05, 3.63) is 12.2 Å². The molecule has 0 aromatic rings. The van der Waals surface area contributed by atoms with Crippen LogP contribution in [-0.4, -0.2) is 67.3 Å². The lowest BCUT2D eigenvalue weighted by Crippen LogP contribution is -2.48. The van der Waals surface area contributed by atoms with E-state index in [1.807, 2.05) is 12.4 Å². The van der Waals surface area contributed by atoms with Crippen LogP contribution in [0.4, 0.5) is 4.79 Å². The minimum absolute atomic E-state index is 0.117. The van der Waals surface area contributed by atoms with Crippen LogP contribution in [0.25, 0.3) is 0 Å². The number of aliphatic carboxylic acids is 1. The first-order valence-electron chi connectivity index (χ1n) is 5.77. The monoisotopic (exact) mass is 271 g/mol. The molecule has 0 aromatic heterocycles. The van der Waals surface area contributed by atoms with Gasteiger partial charge in [0, 0.05) is 31.8 Å². The third-order valence-corrected chi connectivity index (χ3v) is 2.45. The third-order valence-electron chi connectivity index (χ3n) is 2.45. The number of ether oxygens (including phenoxy) is 1. The van der Waals surface area contributed by atoms with E-state index in [4.69, 9.17) is 9.84 Å². The topological polar surface area (TPSA) is 108 Å². The number of carboxylic acid groups (broad SMARTS) is 1. The molecule has 19 heavy (non-hydrogen) atoms. The van der Waals surface area contributed by atoms with Crippen LogP contribution in [0, 0.1) is 0 Å². The average molecular weight is 271 g/mol. The molecule has 106 valence electrons. The molecular weight excluding hydrogens is 254 g/mol.